The molecule has 0 amide bonds. The summed E-state index contributed by atoms with van der Waals surface area (Å²) in [5, 5.41) is 3.13. The predicted octanol–water partition coefficient (Wildman–Crippen LogP) is 0.0452. The third-order valence-electron chi connectivity index (χ3n) is 2.10. The van der Waals surface area contributed by atoms with Gasteiger partial charge in [0.05, 0.1) is 6.17 Å². The average Bonchev–Trinajstić information content (AvgIpc) is 1.98. The number of nitrogens with one attached hydrogen (secondary N) is 1. The molecule has 0 saturated heterocycles. The maximum absolute atomic E-state index is 3.13. The Labute approximate surface area is 70.4 Å². The smallest absolute Gasteiger partial charge is 0.0586 e. The van der Waals surface area contributed by atoms with Gasteiger partial charge in [0, 0.05) is 13.1 Å². The molecule has 0 rings (SSSR count). The Morgan fingerprint density at radius 1 is 1.27 bits per heavy atom. The molecular formula is C8H21N3. The Kier molecular flexibility index (Phi) is 5.46. The maximum atomic E-state index is 3.13. The van der Waals surface area contributed by atoms with E-state index < -0.39 is 0 Å². The van der Waals surface area contributed by atoms with E-state index >= 15 is 0 Å². The molecule has 0 spiro atoms. The number of nitrogens with zero attached hydrogens (tertiary/aromatic N) is 2. The van der Waals surface area contributed by atoms with Gasteiger partial charge in [0.2, 0.25) is 0 Å². The Morgan fingerprint density at radius 2 is 1.82 bits per heavy atom. The second kappa shape index (κ2) is 5.52. The molecule has 0 bridgehead atoms. The summed E-state index contributed by atoms with van der Waals surface area (Å²) in [5.74, 6) is 0. The van der Waals surface area contributed by atoms with Crippen molar-refractivity contribution in [3.8, 4) is 0 Å². The van der Waals surface area contributed by atoms with Crippen LogP contribution >= 0.6 is 0 Å². The molecule has 1 unspecified atom stereocenters. The number of likely N-dealkylation sites (N-methyl/N-ethyl adjacent to an activating group) is 2. The molecule has 0 aromatic carbocycles. The molecule has 1 atom stereocenters. The van der Waals surface area contributed by atoms with Gasteiger partial charge < -0.3 is 5.32 Å². The Morgan fingerprint density at radius 3 is 2.18 bits per heavy atom. The van der Waals surface area contributed by atoms with Crippen LogP contribution < -0.4 is 5.32 Å². The Hall–Kier alpha value is -0.120. The van der Waals surface area contributed by atoms with E-state index in [-0.39, 0.29) is 0 Å². The zero-order valence-corrected chi connectivity index (χ0v) is 8.39. The first kappa shape index (κ1) is 10.9. The SMILES string of the molecule is CNCCN(C)C(C)N(C)C. The van der Waals surface area contributed by atoms with Crippen LogP contribution in [0.2, 0.25) is 0 Å². The van der Waals surface area contributed by atoms with Gasteiger partial charge in [-0.15, -0.1) is 0 Å². The zero-order valence-electron chi connectivity index (χ0n) is 8.39. The number of hydrogen-bond acceptors (Lipinski definition) is 3. The summed E-state index contributed by atoms with van der Waals surface area (Å²) in [4.78, 5) is 4.52. The lowest BCUT2D eigenvalue weighted by Gasteiger charge is -2.29. The average molecular weight is 159 g/mol. The second-order valence-electron chi connectivity index (χ2n) is 3.18. The van der Waals surface area contributed by atoms with E-state index in [1.807, 2.05) is 7.05 Å². The summed E-state index contributed by atoms with van der Waals surface area (Å²) in [6.45, 7) is 4.35. The van der Waals surface area contributed by atoms with Crippen molar-refractivity contribution >= 4 is 0 Å². The molecule has 0 aliphatic heterocycles. The molecule has 0 fully saturated rings. The fourth-order valence-electron chi connectivity index (χ4n) is 0.869. The van der Waals surface area contributed by atoms with Crippen molar-refractivity contribution in [2.45, 2.75) is 13.1 Å². The molecule has 11 heavy (non-hydrogen) atoms. The quantitative estimate of drug-likeness (QED) is 0.572. The van der Waals surface area contributed by atoms with Crippen molar-refractivity contribution in [3.05, 3.63) is 0 Å². The first-order valence-electron chi connectivity index (χ1n) is 4.11. The highest BCUT2D eigenvalue weighted by Gasteiger charge is 2.08. The van der Waals surface area contributed by atoms with Crippen LogP contribution in [0.25, 0.3) is 0 Å². The molecule has 0 radical (unpaired) electrons. The lowest BCUT2D eigenvalue weighted by Crippen LogP contribution is -2.42. The van der Waals surface area contributed by atoms with Crippen LogP contribution in [0.15, 0.2) is 0 Å². The van der Waals surface area contributed by atoms with Gasteiger partial charge in [-0.05, 0) is 35.1 Å². The molecule has 0 saturated carbocycles. The van der Waals surface area contributed by atoms with Gasteiger partial charge in [0.25, 0.3) is 0 Å². The predicted molar refractivity (Wildman–Crippen MR) is 49.7 cm³/mol. The molecule has 68 valence electrons. The van der Waals surface area contributed by atoms with Crippen molar-refractivity contribution in [2.75, 3.05) is 41.3 Å². The van der Waals surface area contributed by atoms with Crippen LogP contribution in [0.4, 0.5) is 0 Å². The van der Waals surface area contributed by atoms with E-state index in [0.29, 0.717) is 6.17 Å². The molecule has 0 heterocycles. The van der Waals surface area contributed by atoms with Gasteiger partial charge >= 0.3 is 0 Å². The van der Waals surface area contributed by atoms with Gasteiger partial charge in [-0.1, -0.05) is 0 Å². The summed E-state index contributed by atoms with van der Waals surface area (Å²) in [5.41, 5.74) is 0. The molecule has 0 aliphatic carbocycles. The normalized spacial score (nSPS) is 14.5. The fraction of sp³-hybridized carbons (Fsp3) is 1.00. The summed E-state index contributed by atoms with van der Waals surface area (Å²) >= 11 is 0. The standard InChI is InChI=1S/C8H21N3/c1-8(10(3)4)11(5)7-6-9-2/h8-9H,6-7H2,1-5H3. The van der Waals surface area contributed by atoms with E-state index in [1.54, 1.807) is 0 Å². The summed E-state index contributed by atoms with van der Waals surface area (Å²) in [6.07, 6.45) is 0.517. The van der Waals surface area contributed by atoms with E-state index in [2.05, 4.69) is 43.2 Å². The highest BCUT2D eigenvalue weighted by Crippen LogP contribution is 1.96. The van der Waals surface area contributed by atoms with Gasteiger partial charge in [0.1, 0.15) is 0 Å². The van der Waals surface area contributed by atoms with Gasteiger partial charge in [-0.2, -0.15) is 0 Å². The van der Waals surface area contributed by atoms with Gasteiger partial charge in [-0.25, -0.2) is 0 Å². The molecule has 3 nitrogen and oxygen atoms in total. The van der Waals surface area contributed by atoms with E-state index in [0.717, 1.165) is 13.1 Å². The molecule has 3 heteroatoms. The van der Waals surface area contributed by atoms with Crippen molar-refractivity contribution in [1.82, 2.24) is 15.1 Å². The molecule has 1 N–H and O–H groups in total. The second-order valence-corrected chi connectivity index (χ2v) is 3.18. The molecule has 0 aliphatic rings. The number of hydrogen-bond donors (Lipinski definition) is 1. The third kappa shape index (κ3) is 4.35. The Bertz CT molecular complexity index is 93.3. The maximum Gasteiger partial charge on any atom is 0.0586 e. The highest BCUT2D eigenvalue weighted by atomic mass is 15.3. The van der Waals surface area contributed by atoms with Crippen LogP contribution in [0.1, 0.15) is 6.92 Å². The lowest BCUT2D eigenvalue weighted by molar-refractivity contribution is 0.122. The Balaban J connectivity index is 3.55. The van der Waals surface area contributed by atoms with Crippen molar-refractivity contribution < 1.29 is 0 Å². The first-order valence-corrected chi connectivity index (χ1v) is 4.11. The molecular weight excluding hydrogens is 138 g/mol. The van der Waals surface area contributed by atoms with E-state index in [1.165, 1.54) is 0 Å². The molecule has 0 aromatic heterocycles. The third-order valence-corrected chi connectivity index (χ3v) is 2.10. The van der Waals surface area contributed by atoms with Crippen molar-refractivity contribution in [1.29, 1.82) is 0 Å². The zero-order chi connectivity index (χ0) is 8.85. The highest BCUT2D eigenvalue weighted by molar-refractivity contribution is 4.60. The van der Waals surface area contributed by atoms with Crippen LogP contribution in [-0.4, -0.2) is 57.2 Å². The van der Waals surface area contributed by atoms with Crippen LogP contribution in [0.5, 0.6) is 0 Å². The van der Waals surface area contributed by atoms with Gasteiger partial charge in [0.15, 0.2) is 0 Å². The van der Waals surface area contributed by atoms with Crippen molar-refractivity contribution in [3.63, 3.8) is 0 Å². The summed E-state index contributed by atoms with van der Waals surface area (Å²) < 4.78 is 0. The van der Waals surface area contributed by atoms with Crippen LogP contribution in [0.3, 0.4) is 0 Å². The largest absolute Gasteiger partial charge is 0.318 e. The number of rotatable bonds is 5. The van der Waals surface area contributed by atoms with Crippen LogP contribution in [-0.2, 0) is 0 Å². The first-order chi connectivity index (χ1) is 5.09. The summed E-state index contributed by atoms with van der Waals surface area (Å²) in [7, 11) is 8.32. The fourth-order valence-corrected chi connectivity index (χ4v) is 0.869. The topological polar surface area (TPSA) is 18.5 Å². The van der Waals surface area contributed by atoms with Crippen LogP contribution in [0, 0.1) is 0 Å². The minimum atomic E-state index is 0.517. The van der Waals surface area contributed by atoms with Crippen molar-refractivity contribution in [2.24, 2.45) is 0 Å². The molecule has 0 aromatic rings. The van der Waals surface area contributed by atoms with Gasteiger partial charge in [-0.3, -0.25) is 9.80 Å². The lowest BCUT2D eigenvalue weighted by atomic mass is 10.4. The monoisotopic (exact) mass is 159 g/mol. The van der Waals surface area contributed by atoms with E-state index in [4.69, 9.17) is 0 Å². The minimum Gasteiger partial charge on any atom is -0.318 e. The summed E-state index contributed by atoms with van der Waals surface area (Å²) in [6, 6.07) is 0. The minimum absolute atomic E-state index is 0.517. The van der Waals surface area contributed by atoms with E-state index in [9.17, 15) is 0 Å².